The molecule has 0 saturated carbocycles. The fraction of sp³-hybridized carbons (Fsp3) is 0.250. The topological polar surface area (TPSA) is 121 Å². The minimum absolute atomic E-state index is 0.0114. The van der Waals surface area contributed by atoms with Gasteiger partial charge in [0.1, 0.15) is 11.4 Å². The van der Waals surface area contributed by atoms with Gasteiger partial charge in [0.25, 0.3) is 11.8 Å². The van der Waals surface area contributed by atoms with E-state index < -0.39 is 23.8 Å². The molecule has 2 aromatic rings. The molecule has 0 spiro atoms. The van der Waals surface area contributed by atoms with Crippen molar-refractivity contribution in [3.05, 3.63) is 59.7 Å². The van der Waals surface area contributed by atoms with E-state index in [4.69, 9.17) is 9.15 Å². The lowest BCUT2D eigenvalue weighted by Crippen LogP contribution is -2.50. The zero-order valence-corrected chi connectivity index (χ0v) is 16.8. The number of furan rings is 1. The van der Waals surface area contributed by atoms with Crippen LogP contribution in [0, 0.1) is 0 Å². The molecule has 0 aliphatic rings. The molecule has 154 valence electrons. The highest BCUT2D eigenvalue weighted by Gasteiger charge is 2.20. The normalized spacial score (nSPS) is 12.1. The van der Waals surface area contributed by atoms with Gasteiger partial charge in [-0.05, 0) is 54.3 Å². The number of benzene rings is 1. The molecule has 1 aromatic carbocycles. The van der Waals surface area contributed by atoms with Crippen molar-refractivity contribution in [2.45, 2.75) is 12.5 Å². The molecule has 0 bridgehead atoms. The van der Waals surface area contributed by atoms with Crippen LogP contribution in [0.1, 0.15) is 22.5 Å². The third-order valence-electron chi connectivity index (χ3n) is 3.87. The predicted molar refractivity (Wildman–Crippen MR) is 107 cm³/mol. The van der Waals surface area contributed by atoms with Crippen LogP contribution in [0.4, 0.5) is 0 Å². The molecule has 1 atom stereocenters. The van der Waals surface area contributed by atoms with E-state index >= 15 is 0 Å². The summed E-state index contributed by atoms with van der Waals surface area (Å²) >= 11 is 1.45. The second-order valence-corrected chi connectivity index (χ2v) is 6.87. The van der Waals surface area contributed by atoms with E-state index in [0.29, 0.717) is 17.1 Å². The fourth-order valence-electron chi connectivity index (χ4n) is 2.34. The summed E-state index contributed by atoms with van der Waals surface area (Å²) in [4.78, 5) is 36.4. The number of hydrogen-bond donors (Lipinski definition) is 2. The summed E-state index contributed by atoms with van der Waals surface area (Å²) in [5.41, 5.74) is 0.469. The Morgan fingerprint density at radius 3 is 2.52 bits per heavy atom. The first-order valence-corrected chi connectivity index (χ1v) is 10.0. The summed E-state index contributed by atoms with van der Waals surface area (Å²) in [6, 6.07) is 8.56. The summed E-state index contributed by atoms with van der Waals surface area (Å²) in [5.74, 6) is -1.63. The number of carbonyl (C=O) groups is 3. The Morgan fingerprint density at radius 1 is 1.24 bits per heavy atom. The summed E-state index contributed by atoms with van der Waals surface area (Å²) < 4.78 is 10.1. The van der Waals surface area contributed by atoms with Gasteiger partial charge in [-0.2, -0.15) is 11.8 Å². The molecule has 1 heterocycles. The van der Waals surface area contributed by atoms with E-state index in [1.165, 1.54) is 43.3 Å². The van der Waals surface area contributed by atoms with Crippen LogP contribution >= 0.6 is 11.8 Å². The monoisotopic (exact) mass is 417 g/mol. The van der Waals surface area contributed by atoms with Crippen LogP contribution in [0.3, 0.4) is 0 Å². The molecule has 0 radical (unpaired) electrons. The maximum atomic E-state index is 12.7. The average Bonchev–Trinajstić information content (AvgIpc) is 3.25. The quantitative estimate of drug-likeness (QED) is 0.554. The predicted octanol–water partition coefficient (Wildman–Crippen LogP) is 1.05. The molecule has 8 nitrogen and oxygen atoms in total. The number of ether oxygens (including phenoxy) is 1. The van der Waals surface area contributed by atoms with Crippen molar-refractivity contribution in [2.24, 2.45) is 0 Å². The molecule has 0 aliphatic heterocycles. The third kappa shape index (κ3) is 6.72. The van der Waals surface area contributed by atoms with Crippen LogP contribution < -0.4 is 20.5 Å². The van der Waals surface area contributed by atoms with Crippen molar-refractivity contribution in [3.8, 4) is 5.75 Å². The number of carbonyl (C=O) groups excluding carboxylic acids is 3. The summed E-state index contributed by atoms with van der Waals surface area (Å²) in [6.45, 7) is 0. The van der Waals surface area contributed by atoms with Crippen molar-refractivity contribution in [2.75, 3.05) is 19.1 Å². The Kier molecular flexibility index (Phi) is 8.35. The van der Waals surface area contributed by atoms with Crippen LogP contribution in [-0.4, -0.2) is 42.9 Å². The molecule has 0 aliphatic carbocycles. The number of methoxy groups -OCH3 is 1. The second kappa shape index (κ2) is 11.0. The van der Waals surface area contributed by atoms with Crippen molar-refractivity contribution >= 4 is 35.6 Å². The highest BCUT2D eigenvalue weighted by molar-refractivity contribution is 7.98. The molecule has 2 N–H and O–H groups in total. The van der Waals surface area contributed by atoms with Gasteiger partial charge in [-0.1, -0.05) is 12.1 Å². The Bertz CT molecular complexity index is 862. The molecule has 0 unspecified atom stereocenters. The maximum absolute atomic E-state index is 12.7. The van der Waals surface area contributed by atoms with Crippen molar-refractivity contribution in [1.29, 1.82) is 0 Å². The Balaban J connectivity index is 2.26. The molecular formula is C20H21N2O6S-. The molecule has 2 amide bonds. The first-order valence-electron chi connectivity index (χ1n) is 8.66. The van der Waals surface area contributed by atoms with Crippen LogP contribution in [-0.2, 0) is 9.59 Å². The first kappa shape index (κ1) is 22.1. The number of rotatable bonds is 10. The van der Waals surface area contributed by atoms with Gasteiger partial charge in [-0.3, -0.25) is 9.59 Å². The number of amides is 2. The van der Waals surface area contributed by atoms with Crippen LogP contribution in [0.15, 0.2) is 52.8 Å². The Hall–Kier alpha value is -3.20. The fourth-order valence-corrected chi connectivity index (χ4v) is 2.81. The molecule has 0 saturated heterocycles. The van der Waals surface area contributed by atoms with Gasteiger partial charge in [-0.15, -0.1) is 0 Å². The van der Waals surface area contributed by atoms with Gasteiger partial charge < -0.3 is 29.7 Å². The van der Waals surface area contributed by atoms with Gasteiger partial charge in [0.05, 0.1) is 25.4 Å². The van der Waals surface area contributed by atoms with Gasteiger partial charge in [0.2, 0.25) is 0 Å². The number of nitrogens with one attached hydrogen (secondary N) is 2. The zero-order chi connectivity index (χ0) is 21.2. The minimum atomic E-state index is -1.39. The first-order chi connectivity index (χ1) is 13.9. The number of carboxylic acids is 1. The number of aliphatic carboxylic acids is 1. The number of hydrogen-bond acceptors (Lipinski definition) is 7. The zero-order valence-electron chi connectivity index (χ0n) is 16.0. The van der Waals surface area contributed by atoms with Gasteiger partial charge in [0, 0.05) is 0 Å². The number of thioether (sulfide) groups is 1. The van der Waals surface area contributed by atoms with Crippen molar-refractivity contribution in [1.82, 2.24) is 10.6 Å². The lowest BCUT2D eigenvalue weighted by Gasteiger charge is -2.20. The van der Waals surface area contributed by atoms with Crippen LogP contribution in [0.2, 0.25) is 0 Å². The highest BCUT2D eigenvalue weighted by atomic mass is 32.2. The van der Waals surface area contributed by atoms with E-state index in [2.05, 4.69) is 10.6 Å². The molecular weight excluding hydrogens is 396 g/mol. The smallest absolute Gasteiger partial charge is 0.291 e. The third-order valence-corrected chi connectivity index (χ3v) is 4.51. The minimum Gasteiger partial charge on any atom is -0.548 e. The average molecular weight is 417 g/mol. The molecule has 9 heteroatoms. The maximum Gasteiger partial charge on any atom is 0.291 e. The molecule has 1 aromatic heterocycles. The van der Waals surface area contributed by atoms with Gasteiger partial charge in [0.15, 0.2) is 5.76 Å². The van der Waals surface area contributed by atoms with Gasteiger partial charge in [-0.25, -0.2) is 0 Å². The lowest BCUT2D eigenvalue weighted by atomic mass is 10.1. The SMILES string of the molecule is COc1ccc(/C=C(\NC(=O)c2ccco2)C(=O)N[C@@H](CCSC)C(=O)[O-])cc1. The Labute approximate surface area is 172 Å². The Morgan fingerprint density at radius 2 is 1.97 bits per heavy atom. The van der Waals surface area contributed by atoms with Gasteiger partial charge >= 0.3 is 0 Å². The molecule has 2 rings (SSSR count). The summed E-state index contributed by atoms with van der Waals surface area (Å²) in [6.07, 6.45) is 4.77. The van der Waals surface area contributed by atoms with E-state index in [1.54, 1.807) is 24.3 Å². The van der Waals surface area contributed by atoms with E-state index in [-0.39, 0.29) is 17.9 Å². The van der Waals surface area contributed by atoms with Crippen molar-refractivity contribution in [3.63, 3.8) is 0 Å². The summed E-state index contributed by atoms with van der Waals surface area (Å²) in [7, 11) is 1.53. The van der Waals surface area contributed by atoms with Crippen LogP contribution in [0.25, 0.3) is 6.08 Å². The largest absolute Gasteiger partial charge is 0.548 e. The van der Waals surface area contributed by atoms with Crippen LogP contribution in [0.5, 0.6) is 5.75 Å². The van der Waals surface area contributed by atoms with Crippen molar-refractivity contribution < 1.29 is 28.6 Å². The molecule has 29 heavy (non-hydrogen) atoms. The second-order valence-electron chi connectivity index (χ2n) is 5.89. The highest BCUT2D eigenvalue weighted by Crippen LogP contribution is 2.14. The molecule has 0 fully saturated rings. The van der Waals surface area contributed by atoms with E-state index in [1.807, 2.05) is 6.26 Å². The lowest BCUT2D eigenvalue weighted by molar-refractivity contribution is -0.308. The standard InChI is InChI=1S/C20H22N2O6S/c1-27-14-7-5-13(6-8-14)12-16(22-19(24)17-4-3-10-28-17)18(23)21-15(20(25)26)9-11-29-2/h3-8,10,12,15H,9,11H2,1-2H3,(H,21,23)(H,22,24)(H,25,26)/p-1/b16-12-/t15-/m0/s1. The van der Waals surface area contributed by atoms with E-state index in [9.17, 15) is 19.5 Å². The number of carboxylic acid groups (broad SMARTS) is 1. The summed E-state index contributed by atoms with van der Waals surface area (Å²) in [5, 5.41) is 16.2. The van der Waals surface area contributed by atoms with E-state index in [0.717, 1.165) is 0 Å².